The molecule has 3 aromatic rings. The number of carbonyl (C=O) groups is 2. The second-order valence-corrected chi connectivity index (χ2v) is 9.43. The summed E-state index contributed by atoms with van der Waals surface area (Å²) in [5.74, 6) is 0.520. The van der Waals surface area contributed by atoms with E-state index in [-0.39, 0.29) is 17.7 Å². The van der Waals surface area contributed by atoms with E-state index < -0.39 is 0 Å². The van der Waals surface area contributed by atoms with Gasteiger partial charge in [0, 0.05) is 38.1 Å². The van der Waals surface area contributed by atoms with Crippen LogP contribution in [0.5, 0.6) is 0 Å². The van der Waals surface area contributed by atoms with E-state index in [1.807, 2.05) is 48.5 Å². The van der Waals surface area contributed by atoms with Crippen molar-refractivity contribution in [2.45, 2.75) is 38.0 Å². The Morgan fingerprint density at radius 2 is 1.58 bits per heavy atom. The quantitative estimate of drug-likeness (QED) is 0.309. The van der Waals surface area contributed by atoms with Crippen LogP contribution in [0.2, 0.25) is 0 Å². The molecule has 186 valence electrons. The molecule has 1 fully saturated rings. The SMILES string of the molecule is O=C(C=Cc1cccnc1)NCCCCC1CCN(C(=O)C(c2ccccc2)c2ccccc2)CC1. The molecule has 0 aliphatic carbocycles. The molecule has 1 aliphatic rings. The first-order chi connectivity index (χ1) is 17.7. The predicted octanol–water partition coefficient (Wildman–Crippen LogP) is 5.45. The number of likely N-dealkylation sites (tertiary alicyclic amines) is 1. The summed E-state index contributed by atoms with van der Waals surface area (Å²) in [7, 11) is 0. The van der Waals surface area contributed by atoms with E-state index in [0.717, 1.165) is 61.9 Å². The number of unbranched alkanes of at least 4 members (excludes halogenated alkanes) is 1. The molecule has 2 amide bonds. The Morgan fingerprint density at radius 1 is 0.917 bits per heavy atom. The smallest absolute Gasteiger partial charge is 0.243 e. The Kier molecular flexibility index (Phi) is 9.43. The molecule has 36 heavy (non-hydrogen) atoms. The van der Waals surface area contributed by atoms with Crippen molar-refractivity contribution in [2.24, 2.45) is 5.92 Å². The molecule has 4 rings (SSSR count). The predicted molar refractivity (Wildman–Crippen MR) is 144 cm³/mol. The highest BCUT2D eigenvalue weighted by Gasteiger charge is 2.30. The molecular formula is C31H35N3O2. The molecule has 2 aromatic carbocycles. The van der Waals surface area contributed by atoms with E-state index in [2.05, 4.69) is 39.5 Å². The van der Waals surface area contributed by atoms with Crippen LogP contribution in [0.15, 0.2) is 91.3 Å². The number of rotatable bonds is 10. The molecule has 5 heteroatoms. The Hall–Kier alpha value is -3.73. The first kappa shape index (κ1) is 25.4. The minimum atomic E-state index is -0.250. The van der Waals surface area contributed by atoms with Gasteiger partial charge < -0.3 is 10.2 Å². The largest absolute Gasteiger partial charge is 0.353 e. The average molecular weight is 482 g/mol. The topological polar surface area (TPSA) is 62.3 Å². The number of nitrogens with one attached hydrogen (secondary N) is 1. The fourth-order valence-electron chi connectivity index (χ4n) is 4.87. The number of hydrogen-bond donors (Lipinski definition) is 1. The van der Waals surface area contributed by atoms with Gasteiger partial charge in [0.1, 0.15) is 0 Å². The molecule has 0 radical (unpaired) electrons. The van der Waals surface area contributed by atoms with Crippen LogP contribution in [0, 0.1) is 5.92 Å². The maximum absolute atomic E-state index is 13.6. The van der Waals surface area contributed by atoms with Gasteiger partial charge in [-0.25, -0.2) is 0 Å². The van der Waals surface area contributed by atoms with Gasteiger partial charge in [-0.3, -0.25) is 14.6 Å². The maximum Gasteiger partial charge on any atom is 0.243 e. The number of carbonyl (C=O) groups excluding carboxylic acids is 2. The van der Waals surface area contributed by atoms with Crippen LogP contribution in [0.1, 0.15) is 54.7 Å². The number of nitrogens with zero attached hydrogens (tertiary/aromatic N) is 2. The fraction of sp³-hybridized carbons (Fsp3) is 0.323. The van der Waals surface area contributed by atoms with Crippen LogP contribution in [0.4, 0.5) is 0 Å². The van der Waals surface area contributed by atoms with Gasteiger partial charge in [0.25, 0.3) is 0 Å². The number of amides is 2. The zero-order valence-electron chi connectivity index (χ0n) is 20.8. The van der Waals surface area contributed by atoms with E-state index in [1.54, 1.807) is 24.5 Å². The molecule has 0 unspecified atom stereocenters. The minimum absolute atomic E-state index is 0.0722. The second-order valence-electron chi connectivity index (χ2n) is 9.43. The minimum Gasteiger partial charge on any atom is -0.353 e. The molecule has 2 heterocycles. The first-order valence-corrected chi connectivity index (χ1v) is 13.0. The summed E-state index contributed by atoms with van der Waals surface area (Å²) in [6.07, 6.45) is 12.1. The number of piperidine rings is 1. The summed E-state index contributed by atoms with van der Waals surface area (Å²) < 4.78 is 0. The standard InChI is InChI=1S/C31H35N3O2/c35-29(17-16-26-11-9-20-32-24-26)33-21-8-7-10-25-18-22-34(23-19-25)31(36)30(27-12-3-1-4-13-27)28-14-5-2-6-15-28/h1-6,9,11-17,20,24-25,30H,7-8,10,18-19,21-23H2,(H,33,35). The molecule has 5 nitrogen and oxygen atoms in total. The van der Waals surface area contributed by atoms with E-state index in [4.69, 9.17) is 0 Å². The fourth-order valence-corrected chi connectivity index (χ4v) is 4.87. The van der Waals surface area contributed by atoms with Crippen molar-refractivity contribution in [3.8, 4) is 0 Å². The van der Waals surface area contributed by atoms with Gasteiger partial charge in [-0.1, -0.05) is 79.6 Å². The average Bonchev–Trinajstić information content (AvgIpc) is 2.94. The lowest BCUT2D eigenvalue weighted by Gasteiger charge is -2.34. The van der Waals surface area contributed by atoms with Crippen molar-refractivity contribution >= 4 is 17.9 Å². The normalized spacial score (nSPS) is 14.3. The number of aromatic nitrogens is 1. The summed E-state index contributed by atoms with van der Waals surface area (Å²) in [5, 5.41) is 2.96. The molecule has 0 spiro atoms. The summed E-state index contributed by atoms with van der Waals surface area (Å²) in [5.41, 5.74) is 3.01. The highest BCUT2D eigenvalue weighted by molar-refractivity contribution is 5.91. The summed E-state index contributed by atoms with van der Waals surface area (Å²) >= 11 is 0. The molecular weight excluding hydrogens is 446 g/mol. The highest BCUT2D eigenvalue weighted by Crippen LogP contribution is 2.30. The number of pyridine rings is 1. The molecule has 1 N–H and O–H groups in total. The molecule has 0 bridgehead atoms. The van der Waals surface area contributed by atoms with Crippen LogP contribution in [0.3, 0.4) is 0 Å². The van der Waals surface area contributed by atoms with Gasteiger partial charge in [-0.05, 0) is 54.0 Å². The van der Waals surface area contributed by atoms with Crippen LogP contribution < -0.4 is 5.32 Å². The van der Waals surface area contributed by atoms with Gasteiger partial charge in [-0.2, -0.15) is 0 Å². The van der Waals surface area contributed by atoms with Crippen LogP contribution in [0.25, 0.3) is 6.08 Å². The van der Waals surface area contributed by atoms with Gasteiger partial charge in [0.05, 0.1) is 5.92 Å². The van der Waals surface area contributed by atoms with Crippen LogP contribution in [-0.2, 0) is 9.59 Å². The van der Waals surface area contributed by atoms with Crippen molar-refractivity contribution in [1.29, 1.82) is 0 Å². The zero-order valence-corrected chi connectivity index (χ0v) is 20.8. The zero-order chi connectivity index (χ0) is 25.0. The maximum atomic E-state index is 13.6. The van der Waals surface area contributed by atoms with Crippen molar-refractivity contribution in [3.05, 3.63) is 108 Å². The molecule has 1 aromatic heterocycles. The van der Waals surface area contributed by atoms with Crippen molar-refractivity contribution in [2.75, 3.05) is 19.6 Å². The van der Waals surface area contributed by atoms with E-state index in [1.165, 1.54) is 0 Å². The Balaban J connectivity index is 1.19. The lowest BCUT2D eigenvalue weighted by Crippen LogP contribution is -2.41. The van der Waals surface area contributed by atoms with Gasteiger partial charge in [0.15, 0.2) is 0 Å². The first-order valence-electron chi connectivity index (χ1n) is 13.0. The number of hydrogen-bond acceptors (Lipinski definition) is 3. The Labute approximate surface area is 214 Å². The molecule has 1 saturated heterocycles. The van der Waals surface area contributed by atoms with Gasteiger partial charge in [-0.15, -0.1) is 0 Å². The summed E-state index contributed by atoms with van der Waals surface area (Å²) in [6.45, 7) is 2.31. The second kappa shape index (κ2) is 13.4. The summed E-state index contributed by atoms with van der Waals surface area (Å²) in [6, 6.07) is 24.0. The Morgan fingerprint density at radius 3 is 2.19 bits per heavy atom. The number of benzene rings is 2. The van der Waals surface area contributed by atoms with Crippen molar-refractivity contribution in [1.82, 2.24) is 15.2 Å². The van der Waals surface area contributed by atoms with Crippen molar-refractivity contribution in [3.63, 3.8) is 0 Å². The van der Waals surface area contributed by atoms with Gasteiger partial charge in [0.2, 0.25) is 11.8 Å². The Bertz CT molecular complexity index is 1070. The van der Waals surface area contributed by atoms with Crippen LogP contribution in [-0.4, -0.2) is 41.3 Å². The lowest BCUT2D eigenvalue weighted by molar-refractivity contribution is -0.133. The van der Waals surface area contributed by atoms with Crippen LogP contribution >= 0.6 is 0 Å². The highest BCUT2D eigenvalue weighted by atomic mass is 16.2. The van der Waals surface area contributed by atoms with Gasteiger partial charge >= 0.3 is 0 Å². The van der Waals surface area contributed by atoms with E-state index in [9.17, 15) is 9.59 Å². The van der Waals surface area contributed by atoms with E-state index >= 15 is 0 Å². The summed E-state index contributed by atoms with van der Waals surface area (Å²) in [4.78, 5) is 31.7. The third-order valence-corrected chi connectivity index (χ3v) is 6.89. The monoisotopic (exact) mass is 481 g/mol. The molecule has 1 aliphatic heterocycles. The molecule has 0 atom stereocenters. The third-order valence-electron chi connectivity index (χ3n) is 6.89. The lowest BCUT2D eigenvalue weighted by atomic mass is 9.87. The van der Waals surface area contributed by atoms with E-state index in [0.29, 0.717) is 12.5 Å². The molecule has 0 saturated carbocycles. The van der Waals surface area contributed by atoms with Crippen molar-refractivity contribution < 1.29 is 9.59 Å². The third kappa shape index (κ3) is 7.38.